The molecule has 2 aromatic rings. The Morgan fingerprint density at radius 1 is 0.857 bits per heavy atom. The molecule has 1 heterocycles. The molecule has 4 atom stereocenters. The van der Waals surface area contributed by atoms with Gasteiger partial charge in [0.2, 0.25) is 11.8 Å². The summed E-state index contributed by atoms with van der Waals surface area (Å²) in [6.07, 6.45) is 0. The number of hydrogen-bond donors (Lipinski definition) is 1. The van der Waals surface area contributed by atoms with Crippen LogP contribution in [0.1, 0.15) is 21.5 Å². The molecular formula is C24H16Cl6N2O3. The van der Waals surface area contributed by atoms with Gasteiger partial charge < -0.3 is 5.32 Å². The zero-order chi connectivity index (χ0) is 25.7. The van der Waals surface area contributed by atoms with Gasteiger partial charge in [-0.3, -0.25) is 14.4 Å². The molecule has 3 aliphatic rings. The molecule has 0 spiro atoms. The van der Waals surface area contributed by atoms with E-state index in [1.54, 1.807) is 0 Å². The van der Waals surface area contributed by atoms with E-state index in [0.29, 0.717) is 11.3 Å². The van der Waals surface area contributed by atoms with Gasteiger partial charge in [0.1, 0.15) is 9.75 Å². The second-order valence-electron chi connectivity index (χ2n) is 8.84. The van der Waals surface area contributed by atoms with Crippen LogP contribution in [0.15, 0.2) is 52.5 Å². The summed E-state index contributed by atoms with van der Waals surface area (Å²) >= 11 is 39.1. The Bertz CT molecular complexity index is 1310. The number of fused-ring (bicyclic) bond motifs is 5. The maximum absolute atomic E-state index is 13.4. The normalized spacial score (nSPS) is 30.8. The van der Waals surface area contributed by atoms with Crippen molar-refractivity contribution in [2.75, 3.05) is 10.2 Å². The number of imide groups is 1. The fraction of sp³-hybridized carbons (Fsp3) is 0.292. The maximum Gasteiger partial charge on any atom is 0.255 e. The van der Waals surface area contributed by atoms with Crippen LogP contribution < -0.4 is 10.2 Å². The van der Waals surface area contributed by atoms with Gasteiger partial charge in [-0.25, -0.2) is 4.90 Å². The smallest absolute Gasteiger partial charge is 0.255 e. The molecule has 0 radical (unpaired) electrons. The summed E-state index contributed by atoms with van der Waals surface area (Å²) in [7, 11) is 0. The van der Waals surface area contributed by atoms with Crippen molar-refractivity contribution in [3.05, 3.63) is 69.2 Å². The van der Waals surface area contributed by atoms with Crippen LogP contribution in [0.3, 0.4) is 0 Å². The minimum absolute atomic E-state index is 0.149. The van der Waals surface area contributed by atoms with E-state index >= 15 is 0 Å². The zero-order valence-corrected chi connectivity index (χ0v) is 22.7. The molecule has 5 nitrogen and oxygen atoms in total. The largest absolute Gasteiger partial charge is 0.322 e. The predicted molar refractivity (Wildman–Crippen MR) is 140 cm³/mol. The van der Waals surface area contributed by atoms with Crippen LogP contribution in [-0.4, -0.2) is 31.8 Å². The van der Waals surface area contributed by atoms with Crippen LogP contribution in [-0.2, 0) is 9.59 Å². The molecule has 2 aromatic carbocycles. The lowest BCUT2D eigenvalue weighted by molar-refractivity contribution is -0.123. The average molecular weight is 593 g/mol. The molecule has 3 amide bonds. The van der Waals surface area contributed by atoms with Crippen LogP contribution in [0, 0.1) is 25.7 Å². The molecule has 5 rings (SSSR count). The maximum atomic E-state index is 13.4. The number of carbonyl (C=O) groups is 3. The van der Waals surface area contributed by atoms with Crippen molar-refractivity contribution in [3.8, 4) is 0 Å². The third-order valence-corrected chi connectivity index (χ3v) is 11.4. The van der Waals surface area contributed by atoms with Crippen molar-refractivity contribution < 1.29 is 14.4 Å². The lowest BCUT2D eigenvalue weighted by atomic mass is 9.84. The van der Waals surface area contributed by atoms with E-state index in [2.05, 4.69) is 5.32 Å². The number of amides is 3. The molecule has 1 N–H and O–H groups in total. The molecule has 2 fully saturated rings. The van der Waals surface area contributed by atoms with E-state index in [1.807, 2.05) is 32.0 Å². The third kappa shape index (κ3) is 3.00. The summed E-state index contributed by atoms with van der Waals surface area (Å²) in [5.41, 5.74) is 3.27. The highest BCUT2D eigenvalue weighted by Gasteiger charge is 2.87. The number of nitrogens with zero attached hydrogens (tertiary/aromatic N) is 1. The summed E-state index contributed by atoms with van der Waals surface area (Å²) in [5, 5.41) is 2.57. The number of nitrogens with one attached hydrogen (secondary N) is 1. The Hall–Kier alpha value is -1.47. The number of aryl methyl sites for hydroxylation is 1. The zero-order valence-electron chi connectivity index (χ0n) is 18.1. The minimum atomic E-state index is -1.99. The van der Waals surface area contributed by atoms with Crippen molar-refractivity contribution >= 4 is 98.7 Å². The van der Waals surface area contributed by atoms with Crippen LogP contribution in [0.25, 0.3) is 0 Å². The number of allylic oxidation sites excluding steroid dienone is 2. The van der Waals surface area contributed by atoms with Crippen LogP contribution in [0.5, 0.6) is 0 Å². The topological polar surface area (TPSA) is 66.5 Å². The summed E-state index contributed by atoms with van der Waals surface area (Å²) in [6, 6.07) is 11.6. The number of alkyl halides is 4. The lowest BCUT2D eigenvalue weighted by Crippen LogP contribution is -2.50. The van der Waals surface area contributed by atoms with Gasteiger partial charge in [0.15, 0.2) is 4.33 Å². The minimum Gasteiger partial charge on any atom is -0.322 e. The van der Waals surface area contributed by atoms with Gasteiger partial charge in [-0.05, 0) is 55.3 Å². The highest BCUT2D eigenvalue weighted by atomic mass is 35.5. The number of rotatable bonds is 3. The van der Waals surface area contributed by atoms with Crippen molar-refractivity contribution in [2.24, 2.45) is 11.8 Å². The first-order chi connectivity index (χ1) is 16.3. The SMILES string of the molecule is Cc1cccc(NC(=O)c2ccc(N3C(=O)[C@H]4[C@H](C3=O)[C@@]3(Cl)C(Cl)=C(Cl)[C@@]4(Cl)C3(Cl)Cl)cc2)c1C. The molecule has 1 aliphatic heterocycles. The summed E-state index contributed by atoms with van der Waals surface area (Å²) in [4.78, 5) is 36.9. The standard InChI is InChI=1S/C24H16Cl6N2O3/c1-10-4-3-5-14(11(10)2)31-19(33)12-6-8-13(9-7-12)32-20(34)15-16(21(32)35)23(28)18(26)17(25)22(15,27)24(23,29)30/h3-9,15-16H,1-2H3,(H,31,33)/t15-,16-,22-,23-/m1/s1. The predicted octanol–water partition coefficient (Wildman–Crippen LogP) is 6.51. The van der Waals surface area contributed by atoms with Gasteiger partial charge in [-0.2, -0.15) is 0 Å². The van der Waals surface area contributed by atoms with Crippen molar-refractivity contribution in [1.29, 1.82) is 0 Å². The van der Waals surface area contributed by atoms with E-state index in [4.69, 9.17) is 69.6 Å². The molecule has 1 saturated carbocycles. The first-order valence-corrected chi connectivity index (χ1v) is 12.7. The van der Waals surface area contributed by atoms with Gasteiger partial charge in [0, 0.05) is 11.3 Å². The first kappa shape index (κ1) is 25.2. The molecule has 1 saturated heterocycles. The molecule has 2 bridgehead atoms. The molecular weight excluding hydrogens is 577 g/mol. The number of anilines is 2. The number of benzene rings is 2. The average Bonchev–Trinajstić information content (AvgIpc) is 3.20. The highest BCUT2D eigenvalue weighted by Crippen LogP contribution is 2.77. The molecule has 35 heavy (non-hydrogen) atoms. The molecule has 0 aromatic heterocycles. The molecule has 0 unspecified atom stereocenters. The Morgan fingerprint density at radius 3 is 1.89 bits per heavy atom. The monoisotopic (exact) mass is 590 g/mol. The van der Waals surface area contributed by atoms with Crippen LogP contribution in [0.4, 0.5) is 11.4 Å². The van der Waals surface area contributed by atoms with Gasteiger partial charge >= 0.3 is 0 Å². The van der Waals surface area contributed by atoms with Gasteiger partial charge in [-0.1, -0.05) is 58.5 Å². The van der Waals surface area contributed by atoms with Gasteiger partial charge in [-0.15, -0.1) is 23.2 Å². The number of hydrogen-bond acceptors (Lipinski definition) is 3. The third-order valence-electron chi connectivity index (χ3n) is 7.15. The second-order valence-corrected chi connectivity index (χ2v) is 12.1. The van der Waals surface area contributed by atoms with E-state index in [-0.39, 0.29) is 21.7 Å². The molecule has 11 heteroatoms. The van der Waals surface area contributed by atoms with E-state index in [9.17, 15) is 14.4 Å². The van der Waals surface area contributed by atoms with E-state index in [0.717, 1.165) is 16.0 Å². The Balaban J connectivity index is 1.44. The summed E-state index contributed by atoms with van der Waals surface area (Å²) in [5.74, 6) is -4.08. The number of carbonyl (C=O) groups excluding carboxylic acids is 3. The van der Waals surface area contributed by atoms with Crippen LogP contribution in [0.2, 0.25) is 0 Å². The van der Waals surface area contributed by atoms with E-state index in [1.165, 1.54) is 24.3 Å². The first-order valence-electron chi connectivity index (χ1n) is 10.5. The number of halogens is 6. The Labute approximate surface area is 231 Å². The Morgan fingerprint density at radius 2 is 1.37 bits per heavy atom. The van der Waals surface area contributed by atoms with Crippen molar-refractivity contribution in [2.45, 2.75) is 27.9 Å². The summed E-state index contributed by atoms with van der Waals surface area (Å²) < 4.78 is -1.99. The fourth-order valence-electron chi connectivity index (χ4n) is 5.09. The Kier molecular flexibility index (Phi) is 5.77. The quantitative estimate of drug-likeness (QED) is 0.326. The van der Waals surface area contributed by atoms with Gasteiger partial charge in [0.05, 0.1) is 27.6 Å². The fourth-order valence-corrected chi connectivity index (χ4v) is 8.02. The van der Waals surface area contributed by atoms with Crippen molar-refractivity contribution in [3.63, 3.8) is 0 Å². The molecule has 2 aliphatic carbocycles. The van der Waals surface area contributed by atoms with Crippen molar-refractivity contribution in [1.82, 2.24) is 0 Å². The second kappa shape index (κ2) is 8.01. The molecule has 182 valence electrons. The van der Waals surface area contributed by atoms with Crippen LogP contribution >= 0.6 is 69.6 Å². The van der Waals surface area contributed by atoms with E-state index < -0.39 is 37.7 Å². The van der Waals surface area contributed by atoms with Gasteiger partial charge in [0.25, 0.3) is 5.91 Å². The highest BCUT2D eigenvalue weighted by molar-refractivity contribution is 6.67. The summed E-state index contributed by atoms with van der Waals surface area (Å²) in [6.45, 7) is 3.87. The lowest BCUT2D eigenvalue weighted by Gasteiger charge is -2.34.